The van der Waals surface area contributed by atoms with Crippen LogP contribution >= 0.6 is 0 Å². The summed E-state index contributed by atoms with van der Waals surface area (Å²) >= 11 is 0. The lowest BCUT2D eigenvalue weighted by Crippen LogP contribution is -2.54. The fourth-order valence-corrected chi connectivity index (χ4v) is 5.54. The summed E-state index contributed by atoms with van der Waals surface area (Å²) in [5.74, 6) is 0.732. The van der Waals surface area contributed by atoms with Crippen molar-refractivity contribution in [3.63, 3.8) is 0 Å². The molecule has 164 valence electrons. The van der Waals surface area contributed by atoms with Gasteiger partial charge in [0.15, 0.2) is 0 Å². The summed E-state index contributed by atoms with van der Waals surface area (Å²) in [6.45, 7) is 5.17. The van der Waals surface area contributed by atoms with Crippen molar-refractivity contribution in [2.45, 2.75) is 70.3 Å². The summed E-state index contributed by atoms with van der Waals surface area (Å²) in [6, 6.07) is 3.47. The number of amides is 2. The maximum Gasteiger partial charge on any atom is 0.251 e. The molecule has 1 N–H and O–H groups in total. The van der Waals surface area contributed by atoms with Gasteiger partial charge in [-0.1, -0.05) is 26.2 Å². The highest BCUT2D eigenvalue weighted by atomic mass is 16.5. The van der Waals surface area contributed by atoms with Gasteiger partial charge in [0, 0.05) is 49.6 Å². The smallest absolute Gasteiger partial charge is 0.251 e. The molecule has 0 aromatic carbocycles. The maximum atomic E-state index is 13.2. The number of ether oxygens (including phenoxy) is 1. The van der Waals surface area contributed by atoms with Crippen molar-refractivity contribution in [1.29, 1.82) is 0 Å². The standard InChI is InChI=1S/C24H35N3O3/c1-23(8-3-2-4-9-23)22(29)27-14-10-24(11-15-27)17-19(7-16-30-24)18-26-21(28)20-5-12-25-13-6-20/h5-6,12-13,19H,2-4,7-11,14-18H2,1H3,(H,26,28). The van der Waals surface area contributed by atoms with Gasteiger partial charge in [0.1, 0.15) is 0 Å². The van der Waals surface area contributed by atoms with Crippen molar-refractivity contribution in [3.8, 4) is 0 Å². The Kier molecular flexibility index (Phi) is 6.42. The number of piperidine rings is 1. The zero-order valence-corrected chi connectivity index (χ0v) is 18.2. The van der Waals surface area contributed by atoms with E-state index in [1.165, 1.54) is 19.3 Å². The lowest BCUT2D eigenvalue weighted by Gasteiger charge is -2.48. The van der Waals surface area contributed by atoms with E-state index in [-0.39, 0.29) is 16.9 Å². The number of nitrogens with one attached hydrogen (secondary N) is 1. The fourth-order valence-electron chi connectivity index (χ4n) is 5.54. The molecule has 6 nitrogen and oxygen atoms in total. The van der Waals surface area contributed by atoms with Gasteiger partial charge >= 0.3 is 0 Å². The predicted octanol–water partition coefficient (Wildman–Crippen LogP) is 3.57. The van der Waals surface area contributed by atoms with Crippen molar-refractivity contribution in [1.82, 2.24) is 15.2 Å². The van der Waals surface area contributed by atoms with Gasteiger partial charge in [-0.05, 0) is 56.6 Å². The third-order valence-electron chi connectivity index (χ3n) is 7.52. The highest BCUT2D eigenvalue weighted by Crippen LogP contribution is 2.41. The molecule has 1 spiro atoms. The zero-order chi connectivity index (χ0) is 21.0. The van der Waals surface area contributed by atoms with Crippen LogP contribution in [-0.4, -0.2) is 53.5 Å². The minimum atomic E-state index is -0.157. The Balaban J connectivity index is 1.28. The second-order valence-electron chi connectivity index (χ2n) is 9.75. The molecule has 3 aliphatic rings. The third-order valence-corrected chi connectivity index (χ3v) is 7.52. The van der Waals surface area contributed by atoms with Crippen LogP contribution in [-0.2, 0) is 9.53 Å². The fraction of sp³-hybridized carbons (Fsp3) is 0.708. The molecule has 1 atom stereocenters. The van der Waals surface area contributed by atoms with E-state index in [2.05, 4.69) is 22.1 Å². The number of aromatic nitrogens is 1. The summed E-state index contributed by atoms with van der Waals surface area (Å²) in [5.41, 5.74) is 0.361. The van der Waals surface area contributed by atoms with Gasteiger partial charge in [-0.15, -0.1) is 0 Å². The molecule has 1 saturated carbocycles. The summed E-state index contributed by atoms with van der Waals surface area (Å²) in [4.78, 5) is 31.5. The van der Waals surface area contributed by atoms with Crippen LogP contribution < -0.4 is 5.32 Å². The van der Waals surface area contributed by atoms with Crippen LogP contribution in [0.4, 0.5) is 0 Å². The second-order valence-corrected chi connectivity index (χ2v) is 9.75. The molecule has 3 fully saturated rings. The van der Waals surface area contributed by atoms with Crippen LogP contribution in [0, 0.1) is 11.3 Å². The van der Waals surface area contributed by atoms with Crippen LogP contribution in [0.2, 0.25) is 0 Å². The summed E-state index contributed by atoms with van der Waals surface area (Å²) in [5, 5.41) is 3.08. The Morgan fingerprint density at radius 3 is 2.53 bits per heavy atom. The average molecular weight is 414 g/mol. The Morgan fingerprint density at radius 1 is 1.13 bits per heavy atom. The first-order valence-electron chi connectivity index (χ1n) is 11.6. The number of rotatable bonds is 4. The number of nitrogens with zero attached hydrogens (tertiary/aromatic N) is 2. The van der Waals surface area contributed by atoms with Gasteiger partial charge in [0.2, 0.25) is 5.91 Å². The first-order valence-corrected chi connectivity index (χ1v) is 11.6. The molecule has 2 saturated heterocycles. The first-order chi connectivity index (χ1) is 14.5. The van der Waals surface area contributed by atoms with E-state index >= 15 is 0 Å². The van der Waals surface area contributed by atoms with Gasteiger partial charge in [-0.25, -0.2) is 0 Å². The number of pyridine rings is 1. The third kappa shape index (κ3) is 4.69. The molecule has 0 bridgehead atoms. The minimum absolute atomic E-state index is 0.0425. The highest BCUT2D eigenvalue weighted by molar-refractivity contribution is 5.93. The topological polar surface area (TPSA) is 71.5 Å². The number of likely N-dealkylation sites (tertiary alicyclic amines) is 1. The summed E-state index contributed by atoms with van der Waals surface area (Å²) in [6.07, 6.45) is 12.7. The van der Waals surface area contributed by atoms with Gasteiger partial charge in [0.25, 0.3) is 5.91 Å². The van der Waals surface area contributed by atoms with Crippen molar-refractivity contribution < 1.29 is 14.3 Å². The lowest BCUT2D eigenvalue weighted by molar-refractivity contribution is -0.156. The van der Waals surface area contributed by atoms with Gasteiger partial charge in [0.05, 0.1) is 5.60 Å². The van der Waals surface area contributed by atoms with E-state index in [9.17, 15) is 9.59 Å². The number of carbonyl (C=O) groups excluding carboxylic acids is 2. The van der Waals surface area contributed by atoms with Crippen molar-refractivity contribution in [2.24, 2.45) is 11.3 Å². The van der Waals surface area contributed by atoms with Gasteiger partial charge in [-0.3, -0.25) is 14.6 Å². The lowest BCUT2D eigenvalue weighted by atomic mass is 9.73. The molecule has 2 aliphatic heterocycles. The Bertz CT molecular complexity index is 737. The average Bonchev–Trinajstić information content (AvgIpc) is 2.79. The summed E-state index contributed by atoms with van der Waals surface area (Å²) < 4.78 is 6.27. The van der Waals surface area contributed by atoms with Crippen molar-refractivity contribution in [2.75, 3.05) is 26.2 Å². The van der Waals surface area contributed by atoms with Gasteiger partial charge in [-0.2, -0.15) is 0 Å². The van der Waals surface area contributed by atoms with E-state index in [1.807, 2.05) is 0 Å². The molecular weight excluding hydrogens is 378 g/mol. The van der Waals surface area contributed by atoms with Crippen LogP contribution in [0.3, 0.4) is 0 Å². The second kappa shape index (κ2) is 9.04. The maximum absolute atomic E-state index is 13.2. The SMILES string of the molecule is CC1(C(=O)N2CCC3(CC2)CC(CNC(=O)c2ccncc2)CCO3)CCCCC1. The molecule has 1 aromatic rings. The van der Waals surface area contributed by atoms with Crippen LogP contribution in [0.5, 0.6) is 0 Å². The molecule has 2 amide bonds. The molecule has 3 heterocycles. The van der Waals surface area contributed by atoms with E-state index in [4.69, 9.17) is 4.74 Å². The minimum Gasteiger partial charge on any atom is -0.375 e. The van der Waals surface area contributed by atoms with E-state index in [0.29, 0.717) is 23.9 Å². The van der Waals surface area contributed by atoms with Crippen LogP contribution in [0.25, 0.3) is 0 Å². The molecule has 0 radical (unpaired) electrons. The molecular formula is C24H35N3O3. The molecule has 1 aliphatic carbocycles. The largest absolute Gasteiger partial charge is 0.375 e. The Hall–Kier alpha value is -1.95. The zero-order valence-electron chi connectivity index (χ0n) is 18.2. The highest BCUT2D eigenvalue weighted by Gasteiger charge is 2.44. The first kappa shape index (κ1) is 21.3. The van der Waals surface area contributed by atoms with Crippen molar-refractivity contribution >= 4 is 11.8 Å². The van der Waals surface area contributed by atoms with Gasteiger partial charge < -0.3 is 15.0 Å². The van der Waals surface area contributed by atoms with E-state index in [0.717, 1.165) is 58.2 Å². The van der Waals surface area contributed by atoms with Crippen LogP contribution in [0.15, 0.2) is 24.5 Å². The predicted molar refractivity (Wildman–Crippen MR) is 115 cm³/mol. The van der Waals surface area contributed by atoms with E-state index in [1.54, 1.807) is 24.5 Å². The summed E-state index contributed by atoms with van der Waals surface area (Å²) in [7, 11) is 0. The number of hydrogen-bond acceptors (Lipinski definition) is 4. The van der Waals surface area contributed by atoms with E-state index < -0.39 is 0 Å². The molecule has 1 unspecified atom stereocenters. The molecule has 6 heteroatoms. The van der Waals surface area contributed by atoms with Crippen molar-refractivity contribution in [3.05, 3.63) is 30.1 Å². The number of carbonyl (C=O) groups is 2. The quantitative estimate of drug-likeness (QED) is 0.819. The molecule has 30 heavy (non-hydrogen) atoms. The number of hydrogen-bond donors (Lipinski definition) is 1. The monoisotopic (exact) mass is 413 g/mol. The normalized spacial score (nSPS) is 25.6. The molecule has 4 rings (SSSR count). The van der Waals surface area contributed by atoms with Crippen LogP contribution in [0.1, 0.15) is 75.1 Å². The Labute approximate surface area is 179 Å². The molecule has 1 aromatic heterocycles. The Morgan fingerprint density at radius 2 is 1.83 bits per heavy atom.